The number of morpholine rings is 1. The number of likely N-dealkylation sites (N-methyl/N-ethyl adjacent to an activating group) is 1. The first-order chi connectivity index (χ1) is 13.3. The predicted octanol–water partition coefficient (Wildman–Crippen LogP) is 0.682. The number of unbranched alkanes of at least 4 members (excludes halogenated alkanes) is 1. The zero-order valence-corrected chi connectivity index (χ0v) is 17.7. The van der Waals surface area contributed by atoms with Gasteiger partial charge in [0.05, 0.1) is 13.2 Å². The van der Waals surface area contributed by atoms with E-state index in [-0.39, 0.29) is 0 Å². The second-order valence-corrected chi connectivity index (χ2v) is 7.48. The van der Waals surface area contributed by atoms with Crippen LogP contribution in [0.5, 0.6) is 0 Å². The predicted molar refractivity (Wildman–Crippen MR) is 114 cm³/mol. The molecule has 0 unspecified atom stereocenters. The Balaban J connectivity index is 1.51. The molecular formula is C20H42N6O. The van der Waals surface area contributed by atoms with Gasteiger partial charge in [0.25, 0.3) is 0 Å². The first-order valence-electron chi connectivity index (χ1n) is 11.1. The molecule has 27 heavy (non-hydrogen) atoms. The number of ether oxygens (including phenoxy) is 1. The zero-order chi connectivity index (χ0) is 19.2. The summed E-state index contributed by atoms with van der Waals surface area (Å²) < 4.78 is 5.39. The lowest BCUT2D eigenvalue weighted by atomic mass is 10.2. The van der Waals surface area contributed by atoms with E-state index in [1.54, 1.807) is 0 Å². The lowest BCUT2D eigenvalue weighted by Gasteiger charge is -2.34. The third kappa shape index (κ3) is 9.74. The van der Waals surface area contributed by atoms with Gasteiger partial charge in [-0.3, -0.25) is 9.89 Å². The van der Waals surface area contributed by atoms with Crippen molar-refractivity contribution < 1.29 is 4.74 Å². The fourth-order valence-corrected chi connectivity index (χ4v) is 3.65. The Morgan fingerprint density at radius 3 is 2.19 bits per heavy atom. The smallest absolute Gasteiger partial charge is 0.191 e. The first kappa shape index (κ1) is 22.4. The summed E-state index contributed by atoms with van der Waals surface area (Å²) in [5.41, 5.74) is 0. The third-order valence-corrected chi connectivity index (χ3v) is 5.46. The number of hydrogen-bond acceptors (Lipinski definition) is 5. The molecule has 0 atom stereocenters. The first-order valence-corrected chi connectivity index (χ1v) is 11.1. The number of guanidine groups is 1. The van der Waals surface area contributed by atoms with Gasteiger partial charge in [-0.1, -0.05) is 6.92 Å². The number of aliphatic imine (C=N–C) groups is 1. The third-order valence-electron chi connectivity index (χ3n) is 5.46. The lowest BCUT2D eigenvalue weighted by molar-refractivity contribution is 0.0377. The Morgan fingerprint density at radius 1 is 0.815 bits per heavy atom. The van der Waals surface area contributed by atoms with Crippen molar-refractivity contribution in [2.24, 2.45) is 4.99 Å². The van der Waals surface area contributed by atoms with Crippen LogP contribution in [0.25, 0.3) is 0 Å². The van der Waals surface area contributed by atoms with Crippen LogP contribution < -0.4 is 10.6 Å². The van der Waals surface area contributed by atoms with Crippen LogP contribution in [-0.2, 0) is 4.74 Å². The Hall–Kier alpha value is -0.890. The van der Waals surface area contributed by atoms with Gasteiger partial charge in [0, 0.05) is 65.4 Å². The Labute approximate surface area is 166 Å². The molecule has 0 aromatic rings. The van der Waals surface area contributed by atoms with Gasteiger partial charge in [-0.25, -0.2) is 0 Å². The SMILES string of the molecule is CCNC(=NCCCN1CCOCC1)NCCCCN1CCN(CC)CC1. The van der Waals surface area contributed by atoms with Crippen molar-refractivity contribution >= 4 is 5.96 Å². The van der Waals surface area contributed by atoms with E-state index >= 15 is 0 Å². The fourth-order valence-electron chi connectivity index (χ4n) is 3.65. The highest BCUT2D eigenvalue weighted by Gasteiger charge is 2.14. The molecule has 0 aromatic heterocycles. The summed E-state index contributed by atoms with van der Waals surface area (Å²) in [6.45, 7) is 19.5. The summed E-state index contributed by atoms with van der Waals surface area (Å²) >= 11 is 0. The van der Waals surface area contributed by atoms with Gasteiger partial charge < -0.3 is 25.2 Å². The average Bonchev–Trinajstić information content (AvgIpc) is 2.72. The van der Waals surface area contributed by atoms with E-state index in [0.29, 0.717) is 0 Å². The quantitative estimate of drug-likeness (QED) is 0.311. The van der Waals surface area contributed by atoms with Crippen LogP contribution in [0.2, 0.25) is 0 Å². The maximum atomic E-state index is 5.39. The number of piperazine rings is 1. The monoisotopic (exact) mass is 382 g/mol. The van der Waals surface area contributed by atoms with Crippen LogP contribution in [0, 0.1) is 0 Å². The zero-order valence-electron chi connectivity index (χ0n) is 17.7. The number of rotatable bonds is 11. The van der Waals surface area contributed by atoms with Crippen molar-refractivity contribution in [1.29, 1.82) is 0 Å². The van der Waals surface area contributed by atoms with Crippen molar-refractivity contribution in [3.05, 3.63) is 0 Å². The highest BCUT2D eigenvalue weighted by Crippen LogP contribution is 2.03. The number of nitrogens with one attached hydrogen (secondary N) is 2. The van der Waals surface area contributed by atoms with Crippen molar-refractivity contribution in [3.63, 3.8) is 0 Å². The van der Waals surface area contributed by atoms with Crippen LogP contribution >= 0.6 is 0 Å². The second-order valence-electron chi connectivity index (χ2n) is 7.48. The molecule has 2 N–H and O–H groups in total. The Kier molecular flexibility index (Phi) is 11.7. The minimum Gasteiger partial charge on any atom is -0.379 e. The molecule has 7 heteroatoms. The van der Waals surface area contributed by atoms with Gasteiger partial charge in [0.2, 0.25) is 0 Å². The molecule has 0 bridgehead atoms. The number of nitrogens with zero attached hydrogens (tertiary/aromatic N) is 4. The van der Waals surface area contributed by atoms with Crippen molar-refractivity contribution in [1.82, 2.24) is 25.3 Å². The highest BCUT2D eigenvalue weighted by atomic mass is 16.5. The van der Waals surface area contributed by atoms with Gasteiger partial charge in [0.15, 0.2) is 5.96 Å². The van der Waals surface area contributed by atoms with Crippen LogP contribution in [-0.4, -0.2) is 112 Å². The minimum absolute atomic E-state index is 0.877. The summed E-state index contributed by atoms with van der Waals surface area (Å²) in [5.74, 6) is 0.969. The number of hydrogen-bond donors (Lipinski definition) is 2. The molecule has 0 radical (unpaired) electrons. The summed E-state index contributed by atoms with van der Waals surface area (Å²) in [5, 5.41) is 6.85. The molecule has 7 nitrogen and oxygen atoms in total. The molecule has 0 amide bonds. The minimum atomic E-state index is 0.877. The maximum Gasteiger partial charge on any atom is 0.191 e. The van der Waals surface area contributed by atoms with E-state index in [4.69, 9.17) is 9.73 Å². The van der Waals surface area contributed by atoms with E-state index in [2.05, 4.69) is 39.2 Å². The average molecular weight is 383 g/mol. The molecule has 2 rings (SSSR count). The molecule has 2 aliphatic heterocycles. The topological polar surface area (TPSA) is 55.4 Å². The largest absolute Gasteiger partial charge is 0.379 e. The van der Waals surface area contributed by atoms with E-state index in [0.717, 1.165) is 64.9 Å². The summed E-state index contributed by atoms with van der Waals surface area (Å²) in [6.07, 6.45) is 3.57. The van der Waals surface area contributed by atoms with Gasteiger partial charge in [-0.2, -0.15) is 0 Å². The van der Waals surface area contributed by atoms with Crippen molar-refractivity contribution in [3.8, 4) is 0 Å². The van der Waals surface area contributed by atoms with Gasteiger partial charge in [0.1, 0.15) is 0 Å². The van der Waals surface area contributed by atoms with E-state index < -0.39 is 0 Å². The van der Waals surface area contributed by atoms with E-state index in [1.165, 1.54) is 52.1 Å². The second kappa shape index (κ2) is 14.2. The molecule has 2 saturated heterocycles. The van der Waals surface area contributed by atoms with Crippen molar-refractivity contribution in [2.75, 3.05) is 91.8 Å². The normalized spacial score (nSPS) is 20.7. The van der Waals surface area contributed by atoms with Crippen LogP contribution in [0.3, 0.4) is 0 Å². The van der Waals surface area contributed by atoms with Gasteiger partial charge in [-0.15, -0.1) is 0 Å². The molecule has 0 aromatic carbocycles. The molecule has 2 heterocycles. The molecule has 0 spiro atoms. The molecule has 0 saturated carbocycles. The molecule has 2 fully saturated rings. The van der Waals surface area contributed by atoms with Crippen LogP contribution in [0.4, 0.5) is 0 Å². The van der Waals surface area contributed by atoms with E-state index in [1.807, 2.05) is 0 Å². The summed E-state index contributed by atoms with van der Waals surface area (Å²) in [4.78, 5) is 12.3. The van der Waals surface area contributed by atoms with Crippen LogP contribution in [0.1, 0.15) is 33.1 Å². The lowest BCUT2D eigenvalue weighted by Crippen LogP contribution is -2.46. The standard InChI is InChI=1S/C20H42N6O/c1-3-21-20(23-9-7-11-26-16-18-27-19-17-26)22-8-5-6-10-25-14-12-24(4-2)13-15-25/h3-19H2,1-2H3,(H2,21,22,23). The Morgan fingerprint density at radius 2 is 1.48 bits per heavy atom. The summed E-state index contributed by atoms with van der Waals surface area (Å²) in [6, 6.07) is 0. The van der Waals surface area contributed by atoms with Crippen molar-refractivity contribution in [2.45, 2.75) is 33.1 Å². The Bertz CT molecular complexity index is 392. The van der Waals surface area contributed by atoms with Crippen LogP contribution in [0.15, 0.2) is 4.99 Å². The van der Waals surface area contributed by atoms with Gasteiger partial charge >= 0.3 is 0 Å². The van der Waals surface area contributed by atoms with Gasteiger partial charge in [-0.05, 0) is 39.3 Å². The molecule has 158 valence electrons. The fraction of sp³-hybridized carbons (Fsp3) is 0.950. The highest BCUT2D eigenvalue weighted by molar-refractivity contribution is 5.79. The molecule has 2 aliphatic rings. The molecule has 0 aliphatic carbocycles. The van der Waals surface area contributed by atoms with E-state index in [9.17, 15) is 0 Å². The maximum absolute atomic E-state index is 5.39. The summed E-state index contributed by atoms with van der Waals surface area (Å²) in [7, 11) is 0. The molecular weight excluding hydrogens is 340 g/mol.